The van der Waals surface area contributed by atoms with Gasteiger partial charge in [-0.05, 0) is 38.2 Å². The van der Waals surface area contributed by atoms with E-state index in [4.69, 9.17) is 13.6 Å². The van der Waals surface area contributed by atoms with E-state index in [1.54, 1.807) is 13.8 Å². The van der Waals surface area contributed by atoms with E-state index < -0.39 is 7.82 Å². The quantitative estimate of drug-likeness (QED) is 0.541. The summed E-state index contributed by atoms with van der Waals surface area (Å²) < 4.78 is 28.4. The van der Waals surface area contributed by atoms with Crippen LogP contribution in [-0.2, 0) is 18.1 Å². The number of rotatable bonds is 7. The zero-order chi connectivity index (χ0) is 15.1. The van der Waals surface area contributed by atoms with E-state index >= 15 is 0 Å². The van der Waals surface area contributed by atoms with Gasteiger partial charge in [-0.2, -0.15) is 0 Å². The molecule has 1 aromatic carbocycles. The highest BCUT2D eigenvalue weighted by Crippen LogP contribution is 2.52. The van der Waals surface area contributed by atoms with Crippen LogP contribution in [0.3, 0.4) is 0 Å². The lowest BCUT2D eigenvalue weighted by Crippen LogP contribution is -2.18. The number of benzene rings is 1. The smallest absolute Gasteiger partial charge is 0.287 e. The van der Waals surface area contributed by atoms with E-state index in [0.29, 0.717) is 19.1 Å². The molecule has 0 amide bonds. The predicted molar refractivity (Wildman–Crippen MR) is 83.3 cm³/mol. The van der Waals surface area contributed by atoms with Crippen LogP contribution in [0.5, 0.6) is 0 Å². The lowest BCUT2D eigenvalue weighted by molar-refractivity contribution is 0.0930. The maximum Gasteiger partial charge on any atom is 0.475 e. The Morgan fingerprint density at radius 2 is 1.81 bits per heavy atom. The second-order valence-electron chi connectivity index (χ2n) is 4.93. The van der Waals surface area contributed by atoms with Gasteiger partial charge in [-0.15, -0.1) is 0 Å². The van der Waals surface area contributed by atoms with E-state index in [2.05, 4.69) is 18.2 Å². The molecule has 0 bridgehead atoms. The summed E-state index contributed by atoms with van der Waals surface area (Å²) in [5.41, 5.74) is 1.28. The molecule has 0 unspecified atom stereocenters. The molecule has 0 heterocycles. The normalized spacial score (nSPS) is 22.4. The van der Waals surface area contributed by atoms with Crippen molar-refractivity contribution in [2.45, 2.75) is 38.7 Å². The van der Waals surface area contributed by atoms with Crippen LogP contribution in [-0.4, -0.2) is 19.3 Å². The Labute approximate surface area is 126 Å². The minimum Gasteiger partial charge on any atom is -0.287 e. The Morgan fingerprint density at radius 1 is 1.14 bits per heavy atom. The third kappa shape index (κ3) is 4.79. The van der Waals surface area contributed by atoms with Crippen LogP contribution in [0.2, 0.25) is 0 Å². The Morgan fingerprint density at radius 3 is 2.43 bits per heavy atom. The molecule has 5 heteroatoms. The summed E-state index contributed by atoms with van der Waals surface area (Å²) >= 11 is 0. The van der Waals surface area contributed by atoms with Crippen molar-refractivity contribution in [1.82, 2.24) is 0 Å². The molecule has 21 heavy (non-hydrogen) atoms. The minimum absolute atomic E-state index is 0.243. The summed E-state index contributed by atoms with van der Waals surface area (Å²) in [5.74, 6) is 0.373. The van der Waals surface area contributed by atoms with Crippen molar-refractivity contribution < 1.29 is 18.1 Å². The maximum absolute atomic E-state index is 12.4. The fourth-order valence-electron chi connectivity index (χ4n) is 2.51. The van der Waals surface area contributed by atoms with Crippen molar-refractivity contribution in [3.63, 3.8) is 0 Å². The van der Waals surface area contributed by atoms with Crippen molar-refractivity contribution in [3.05, 3.63) is 48.0 Å². The van der Waals surface area contributed by atoms with Gasteiger partial charge in [-0.25, -0.2) is 4.57 Å². The molecule has 116 valence electrons. The summed E-state index contributed by atoms with van der Waals surface area (Å²) in [4.78, 5) is 0. The third-order valence-electron chi connectivity index (χ3n) is 3.40. The zero-order valence-electron chi connectivity index (χ0n) is 12.6. The van der Waals surface area contributed by atoms with Crippen molar-refractivity contribution in [1.29, 1.82) is 0 Å². The summed E-state index contributed by atoms with van der Waals surface area (Å²) in [5, 5.41) is 0. The van der Waals surface area contributed by atoms with Gasteiger partial charge in [0.2, 0.25) is 0 Å². The van der Waals surface area contributed by atoms with Crippen LogP contribution < -0.4 is 0 Å². The molecule has 1 aromatic rings. The first-order valence-corrected chi connectivity index (χ1v) is 8.92. The fraction of sp³-hybridized carbons (Fsp3) is 0.500. The van der Waals surface area contributed by atoms with Crippen LogP contribution in [0.25, 0.3) is 0 Å². The van der Waals surface area contributed by atoms with Crippen molar-refractivity contribution >= 4 is 7.82 Å². The number of hydrogen-bond acceptors (Lipinski definition) is 4. The second-order valence-corrected chi connectivity index (χ2v) is 6.56. The number of hydrogen-bond donors (Lipinski definition) is 0. The SMILES string of the molecule is CCOP(=O)(OCC)O[C@H]1C=CC[C@@H](c2ccccc2)C1. The first-order chi connectivity index (χ1) is 10.2. The standard InChI is InChI=1S/C16H23O4P/c1-3-18-21(17,19-4-2)20-16-12-8-11-15(13-16)14-9-6-5-7-10-14/h5-10,12,15-16H,3-4,11,13H2,1-2H3/t15-,16+/m1/s1. The second kappa shape index (κ2) is 7.90. The molecule has 1 aliphatic carbocycles. The van der Waals surface area contributed by atoms with Gasteiger partial charge in [0.1, 0.15) is 0 Å². The lowest BCUT2D eigenvalue weighted by atomic mass is 9.87. The maximum atomic E-state index is 12.4. The molecule has 4 nitrogen and oxygen atoms in total. The average molecular weight is 310 g/mol. The number of allylic oxidation sites excluding steroid dienone is 1. The first-order valence-electron chi connectivity index (χ1n) is 7.46. The van der Waals surface area contributed by atoms with E-state index in [-0.39, 0.29) is 6.10 Å². The topological polar surface area (TPSA) is 44.8 Å². The first kappa shape index (κ1) is 16.4. The summed E-state index contributed by atoms with van der Waals surface area (Å²) in [7, 11) is -3.46. The highest BCUT2D eigenvalue weighted by atomic mass is 31.2. The average Bonchev–Trinajstić information content (AvgIpc) is 2.49. The Bertz CT molecular complexity index is 490. The van der Waals surface area contributed by atoms with E-state index in [1.165, 1.54) is 5.56 Å². The zero-order valence-corrected chi connectivity index (χ0v) is 13.5. The van der Waals surface area contributed by atoms with Gasteiger partial charge in [0.15, 0.2) is 0 Å². The number of phosphoric acid groups is 1. The Hall–Kier alpha value is -0.930. The molecule has 1 aliphatic rings. The van der Waals surface area contributed by atoms with Crippen LogP contribution in [0.1, 0.15) is 38.2 Å². The molecule has 0 aliphatic heterocycles. The monoisotopic (exact) mass is 310 g/mol. The van der Waals surface area contributed by atoms with Gasteiger partial charge in [-0.1, -0.05) is 42.5 Å². The summed E-state index contributed by atoms with van der Waals surface area (Å²) in [6.45, 7) is 4.16. The summed E-state index contributed by atoms with van der Waals surface area (Å²) in [6.07, 6.45) is 5.54. The van der Waals surface area contributed by atoms with E-state index in [1.807, 2.05) is 24.3 Å². The largest absolute Gasteiger partial charge is 0.475 e. The fourth-order valence-corrected chi connectivity index (χ4v) is 3.82. The molecule has 0 N–H and O–H groups in total. The van der Waals surface area contributed by atoms with Gasteiger partial charge in [-0.3, -0.25) is 13.6 Å². The number of phosphoric ester groups is 1. The van der Waals surface area contributed by atoms with Crippen LogP contribution in [0.4, 0.5) is 0 Å². The van der Waals surface area contributed by atoms with Gasteiger partial charge < -0.3 is 0 Å². The van der Waals surface area contributed by atoms with Crippen molar-refractivity contribution in [2.75, 3.05) is 13.2 Å². The third-order valence-corrected chi connectivity index (χ3v) is 5.08. The van der Waals surface area contributed by atoms with Crippen LogP contribution >= 0.6 is 7.82 Å². The van der Waals surface area contributed by atoms with E-state index in [0.717, 1.165) is 12.8 Å². The van der Waals surface area contributed by atoms with Crippen LogP contribution in [0, 0.1) is 0 Å². The molecule has 2 atom stereocenters. The molecule has 0 saturated heterocycles. The lowest BCUT2D eigenvalue weighted by Gasteiger charge is -2.27. The molecule has 0 radical (unpaired) electrons. The highest BCUT2D eigenvalue weighted by molar-refractivity contribution is 7.48. The van der Waals surface area contributed by atoms with Gasteiger partial charge >= 0.3 is 7.82 Å². The minimum atomic E-state index is -3.46. The molecule has 0 spiro atoms. The van der Waals surface area contributed by atoms with Crippen molar-refractivity contribution in [3.8, 4) is 0 Å². The highest BCUT2D eigenvalue weighted by Gasteiger charge is 2.31. The molecule has 0 saturated carbocycles. The van der Waals surface area contributed by atoms with Crippen molar-refractivity contribution in [2.24, 2.45) is 0 Å². The molecular weight excluding hydrogens is 287 g/mol. The molecular formula is C16H23O4P. The Balaban J connectivity index is 2.02. The molecule has 2 rings (SSSR count). The summed E-state index contributed by atoms with van der Waals surface area (Å²) in [6, 6.07) is 10.3. The molecule has 0 aromatic heterocycles. The van der Waals surface area contributed by atoms with Gasteiger partial charge in [0.25, 0.3) is 0 Å². The Kier molecular flexibility index (Phi) is 6.19. The van der Waals surface area contributed by atoms with Gasteiger partial charge in [0.05, 0.1) is 19.3 Å². The molecule has 0 fully saturated rings. The predicted octanol–water partition coefficient (Wildman–Crippen LogP) is 4.69. The van der Waals surface area contributed by atoms with Gasteiger partial charge in [0, 0.05) is 0 Å². The van der Waals surface area contributed by atoms with Crippen LogP contribution in [0.15, 0.2) is 42.5 Å². The van der Waals surface area contributed by atoms with E-state index in [9.17, 15) is 4.57 Å².